The summed E-state index contributed by atoms with van der Waals surface area (Å²) in [6.45, 7) is 4.20. The molecule has 4 N–H and O–H groups in total. The Bertz CT molecular complexity index is 1040. The lowest BCUT2D eigenvalue weighted by molar-refractivity contribution is -0.0575. The van der Waals surface area contributed by atoms with E-state index in [9.17, 15) is 15.0 Å². The number of carbonyl (C=O) groups excluding carboxylic acids is 1. The van der Waals surface area contributed by atoms with E-state index in [-0.39, 0.29) is 11.9 Å². The van der Waals surface area contributed by atoms with E-state index in [0.717, 1.165) is 49.0 Å². The highest BCUT2D eigenvalue weighted by Gasteiger charge is 2.43. The van der Waals surface area contributed by atoms with Crippen LogP contribution in [0.1, 0.15) is 50.2 Å². The van der Waals surface area contributed by atoms with Gasteiger partial charge in [0.25, 0.3) is 0 Å². The van der Waals surface area contributed by atoms with E-state index in [2.05, 4.69) is 23.6 Å². The average molecular weight is 654 g/mol. The summed E-state index contributed by atoms with van der Waals surface area (Å²) in [4.78, 5) is 15.0. The monoisotopic (exact) mass is 653 g/mol. The van der Waals surface area contributed by atoms with Gasteiger partial charge in [0.05, 0.1) is 11.6 Å². The summed E-state index contributed by atoms with van der Waals surface area (Å²) in [5.74, 6) is 1.24. The number of nitrogens with one attached hydrogen (secondary N) is 2. The van der Waals surface area contributed by atoms with Gasteiger partial charge in [-0.2, -0.15) is 0 Å². The highest BCUT2D eigenvalue weighted by atomic mass is 127. The molecule has 0 aliphatic carbocycles. The Morgan fingerprint density at radius 2 is 1.90 bits per heavy atom. The molecule has 1 aliphatic rings. The van der Waals surface area contributed by atoms with Crippen molar-refractivity contribution < 1.29 is 24.5 Å². The number of carbonyl (C=O) groups is 1. The second kappa shape index (κ2) is 15.8. The smallest absolute Gasteiger partial charge is 0.317 e. The number of para-hydroxylation sites is 2. The van der Waals surface area contributed by atoms with Gasteiger partial charge in [0.15, 0.2) is 0 Å². The SMILES string of the molecule is CCc1ccccc1Oc1ccccc1[C@](O)(CCCCOC)[C@@H]1CCCN(C(=O)NC(CNC)[C@H](O)I)C1. The molecule has 8 nitrogen and oxygen atoms in total. The van der Waals surface area contributed by atoms with Crippen molar-refractivity contribution in [1.29, 1.82) is 0 Å². The van der Waals surface area contributed by atoms with Crippen molar-refractivity contribution in [2.75, 3.05) is 40.4 Å². The predicted molar refractivity (Wildman–Crippen MR) is 163 cm³/mol. The third kappa shape index (κ3) is 8.53. The van der Waals surface area contributed by atoms with Crippen LogP contribution < -0.4 is 15.4 Å². The van der Waals surface area contributed by atoms with E-state index >= 15 is 0 Å². The minimum Gasteiger partial charge on any atom is -0.457 e. The molecule has 2 aromatic rings. The molecule has 0 aromatic heterocycles. The third-order valence-electron chi connectivity index (χ3n) is 7.53. The zero-order chi connectivity index (χ0) is 28.3. The van der Waals surface area contributed by atoms with E-state index in [4.69, 9.17) is 9.47 Å². The van der Waals surface area contributed by atoms with Gasteiger partial charge in [-0.05, 0) is 85.9 Å². The van der Waals surface area contributed by atoms with E-state index in [1.165, 1.54) is 0 Å². The Kier molecular flexibility index (Phi) is 12.8. The van der Waals surface area contributed by atoms with Gasteiger partial charge in [-0.25, -0.2) is 4.79 Å². The van der Waals surface area contributed by atoms with Crippen molar-refractivity contribution in [2.45, 2.75) is 61.2 Å². The zero-order valence-corrected chi connectivity index (χ0v) is 25.5. The summed E-state index contributed by atoms with van der Waals surface area (Å²) in [5.41, 5.74) is 0.652. The number of hydrogen-bond donors (Lipinski definition) is 4. The summed E-state index contributed by atoms with van der Waals surface area (Å²) in [5, 5.41) is 28.6. The quantitative estimate of drug-likeness (QED) is 0.133. The Morgan fingerprint density at radius 1 is 1.18 bits per heavy atom. The summed E-state index contributed by atoms with van der Waals surface area (Å²) in [6.07, 6.45) is 4.55. The molecule has 1 heterocycles. The summed E-state index contributed by atoms with van der Waals surface area (Å²) >= 11 is 1.91. The first-order valence-electron chi connectivity index (χ1n) is 13.9. The van der Waals surface area contributed by atoms with Gasteiger partial charge in [-0.3, -0.25) is 0 Å². The number of likely N-dealkylation sites (N-methyl/N-ethyl adjacent to an activating group) is 1. The second-order valence-electron chi connectivity index (χ2n) is 10.2. The largest absolute Gasteiger partial charge is 0.457 e. The van der Waals surface area contributed by atoms with Crippen LogP contribution in [0.5, 0.6) is 11.5 Å². The van der Waals surface area contributed by atoms with E-state index in [1.54, 1.807) is 19.1 Å². The number of aryl methyl sites for hydroxylation is 1. The van der Waals surface area contributed by atoms with Crippen LogP contribution in [0.15, 0.2) is 48.5 Å². The van der Waals surface area contributed by atoms with Gasteiger partial charge >= 0.3 is 6.03 Å². The second-order valence-corrected chi connectivity index (χ2v) is 11.5. The minimum atomic E-state index is -1.20. The van der Waals surface area contributed by atoms with Gasteiger partial charge in [0.1, 0.15) is 15.6 Å². The minimum absolute atomic E-state index is 0.182. The zero-order valence-electron chi connectivity index (χ0n) is 23.4. The number of urea groups is 1. The number of aliphatic hydroxyl groups excluding tert-OH is 1. The molecule has 4 atom stereocenters. The Labute approximate surface area is 246 Å². The van der Waals surface area contributed by atoms with Gasteiger partial charge < -0.3 is 35.2 Å². The van der Waals surface area contributed by atoms with Crippen LogP contribution in [0.2, 0.25) is 0 Å². The standard InChI is InChI=1S/C30H44IN3O5/c1-4-22-12-5-7-15-26(22)39-27-16-8-6-14-24(27)30(37,17-9-10-19-38-3)23-13-11-18-34(21-23)29(36)33-25(20-32-2)28(31)35/h5-8,12,14-16,23,25,28,32,35,37H,4,9-11,13,17-21H2,1-3H3,(H,33,36)/t23-,25?,28+,30+/m1/s1. The molecule has 1 fully saturated rings. The van der Waals surface area contributed by atoms with Crippen molar-refractivity contribution >= 4 is 28.6 Å². The Morgan fingerprint density at radius 3 is 2.59 bits per heavy atom. The molecule has 216 valence electrons. The maximum atomic E-state index is 13.2. The molecule has 0 radical (unpaired) electrons. The number of unbranched alkanes of at least 4 members (excludes halogenated alkanes) is 1. The fourth-order valence-electron chi connectivity index (χ4n) is 5.37. The van der Waals surface area contributed by atoms with Crippen LogP contribution in [-0.4, -0.2) is 71.7 Å². The number of aliphatic hydroxyl groups is 2. The third-order valence-corrected chi connectivity index (χ3v) is 8.40. The number of amides is 2. The predicted octanol–water partition coefficient (Wildman–Crippen LogP) is 4.81. The van der Waals surface area contributed by atoms with Crippen LogP contribution in [-0.2, 0) is 16.8 Å². The van der Waals surface area contributed by atoms with Gasteiger partial charge in [0.2, 0.25) is 0 Å². The molecule has 0 bridgehead atoms. The van der Waals surface area contributed by atoms with Crippen LogP contribution >= 0.6 is 22.6 Å². The maximum Gasteiger partial charge on any atom is 0.317 e. The first-order valence-corrected chi connectivity index (χ1v) is 15.2. The van der Waals surface area contributed by atoms with Crippen molar-refractivity contribution in [1.82, 2.24) is 15.5 Å². The van der Waals surface area contributed by atoms with Crippen molar-refractivity contribution in [3.8, 4) is 11.5 Å². The number of nitrogens with zero attached hydrogens (tertiary/aromatic N) is 1. The van der Waals surface area contributed by atoms with Gasteiger partial charge in [-0.1, -0.05) is 43.3 Å². The van der Waals surface area contributed by atoms with Crippen LogP contribution in [0.25, 0.3) is 0 Å². The first kappa shape index (κ1) is 31.6. The van der Waals surface area contributed by atoms with Gasteiger partial charge in [-0.15, -0.1) is 0 Å². The Hall–Kier alpha value is -1.92. The Balaban J connectivity index is 1.90. The molecule has 9 heteroatoms. The number of alkyl halides is 1. The highest BCUT2D eigenvalue weighted by Crippen LogP contribution is 2.44. The summed E-state index contributed by atoms with van der Waals surface area (Å²) in [7, 11) is 3.48. The van der Waals surface area contributed by atoms with E-state index < -0.39 is 15.8 Å². The molecule has 1 saturated heterocycles. The first-order chi connectivity index (χ1) is 18.8. The molecule has 0 spiro atoms. The highest BCUT2D eigenvalue weighted by molar-refractivity contribution is 14.1. The summed E-state index contributed by atoms with van der Waals surface area (Å²) < 4.78 is 11.0. The fraction of sp³-hybridized carbons (Fsp3) is 0.567. The molecule has 2 aromatic carbocycles. The molecular weight excluding hydrogens is 609 g/mol. The van der Waals surface area contributed by atoms with E-state index in [1.807, 2.05) is 65.1 Å². The molecular formula is C30H44IN3O5. The number of methoxy groups -OCH3 is 1. The lowest BCUT2D eigenvalue weighted by Crippen LogP contribution is -2.55. The van der Waals surface area contributed by atoms with Crippen LogP contribution in [0, 0.1) is 5.92 Å². The van der Waals surface area contributed by atoms with Crippen LogP contribution in [0.3, 0.4) is 0 Å². The molecule has 2 amide bonds. The topological polar surface area (TPSA) is 103 Å². The van der Waals surface area contributed by atoms with Crippen molar-refractivity contribution in [3.05, 3.63) is 59.7 Å². The number of piperidine rings is 1. The molecule has 1 aliphatic heterocycles. The number of rotatable bonds is 14. The van der Waals surface area contributed by atoms with Crippen LogP contribution in [0.4, 0.5) is 4.79 Å². The van der Waals surface area contributed by atoms with Crippen molar-refractivity contribution in [2.24, 2.45) is 5.92 Å². The average Bonchev–Trinajstić information content (AvgIpc) is 2.95. The normalized spacial score (nSPS) is 18.7. The number of hydrogen-bond acceptors (Lipinski definition) is 6. The molecule has 0 saturated carbocycles. The number of halogens is 1. The molecule has 1 unspecified atom stereocenters. The number of benzene rings is 2. The van der Waals surface area contributed by atoms with Gasteiger partial charge in [0, 0.05) is 44.8 Å². The number of likely N-dealkylation sites (tertiary alicyclic amines) is 1. The molecule has 3 rings (SSSR count). The number of ether oxygens (including phenoxy) is 2. The fourth-order valence-corrected chi connectivity index (χ4v) is 5.80. The van der Waals surface area contributed by atoms with Crippen molar-refractivity contribution in [3.63, 3.8) is 0 Å². The lowest BCUT2D eigenvalue weighted by Gasteiger charge is -2.43. The summed E-state index contributed by atoms with van der Waals surface area (Å²) in [6, 6.07) is 15.1. The lowest BCUT2D eigenvalue weighted by atomic mass is 9.73. The maximum absolute atomic E-state index is 13.2. The molecule has 39 heavy (non-hydrogen) atoms. The van der Waals surface area contributed by atoms with E-state index in [0.29, 0.717) is 38.4 Å².